The molecule has 0 heterocycles. The second kappa shape index (κ2) is 8.44. The number of carbonyl (C=O) groups is 1. The topological polar surface area (TPSA) is 44.8 Å². The van der Waals surface area contributed by atoms with E-state index in [4.69, 9.17) is 14.2 Å². The van der Waals surface area contributed by atoms with Gasteiger partial charge in [0.05, 0.1) is 0 Å². The van der Waals surface area contributed by atoms with Gasteiger partial charge in [0.1, 0.15) is 12.4 Å². The Morgan fingerprint density at radius 3 is 2.50 bits per heavy atom. The highest BCUT2D eigenvalue weighted by molar-refractivity contribution is 14.1. The predicted octanol–water partition coefficient (Wildman–Crippen LogP) is 2.88. The molecule has 0 aromatic heterocycles. The van der Waals surface area contributed by atoms with Gasteiger partial charge in [-0.25, -0.2) is 0 Å². The smallest absolute Gasteiger partial charge is 0.191 e. The van der Waals surface area contributed by atoms with Crippen molar-refractivity contribution in [2.75, 3.05) is 19.8 Å². The summed E-state index contributed by atoms with van der Waals surface area (Å²) in [4.78, 5) is 10.8. The Morgan fingerprint density at radius 1 is 1.28 bits per heavy atom. The van der Waals surface area contributed by atoms with Gasteiger partial charge in [0.15, 0.2) is 12.6 Å². The van der Waals surface area contributed by atoms with Crippen LogP contribution in [0.15, 0.2) is 18.2 Å². The largest absolute Gasteiger partial charge is 0.488 e. The first-order chi connectivity index (χ1) is 8.71. The van der Waals surface area contributed by atoms with Crippen molar-refractivity contribution in [3.8, 4) is 5.75 Å². The zero-order valence-electron chi connectivity index (χ0n) is 10.5. The number of halogens is 1. The lowest BCUT2D eigenvalue weighted by atomic mass is 10.2. The molecule has 0 atom stereocenters. The third-order valence-corrected chi connectivity index (χ3v) is 3.17. The molecule has 1 rings (SSSR count). The predicted molar refractivity (Wildman–Crippen MR) is 77.1 cm³/mol. The fourth-order valence-corrected chi connectivity index (χ4v) is 1.84. The molecule has 4 nitrogen and oxygen atoms in total. The molecule has 0 amide bonds. The van der Waals surface area contributed by atoms with Crippen LogP contribution in [0, 0.1) is 3.57 Å². The van der Waals surface area contributed by atoms with Crippen molar-refractivity contribution in [3.05, 3.63) is 27.3 Å². The fourth-order valence-electron chi connectivity index (χ4n) is 1.38. The fraction of sp³-hybridized carbons (Fsp3) is 0.462. The van der Waals surface area contributed by atoms with Crippen LogP contribution < -0.4 is 4.74 Å². The van der Waals surface area contributed by atoms with Gasteiger partial charge in [-0.1, -0.05) is 0 Å². The lowest BCUT2D eigenvalue weighted by Crippen LogP contribution is -2.25. The number of hydrogen-bond acceptors (Lipinski definition) is 4. The van der Waals surface area contributed by atoms with E-state index in [1.165, 1.54) is 0 Å². The SMILES string of the molecule is CCOC(COc1ccc(I)c(C=O)c1)OCC. The van der Waals surface area contributed by atoms with E-state index in [0.29, 0.717) is 31.1 Å². The molecule has 0 aliphatic heterocycles. The Bertz CT molecular complexity index is 375. The zero-order chi connectivity index (χ0) is 13.4. The Kier molecular flexibility index (Phi) is 7.22. The van der Waals surface area contributed by atoms with E-state index in [9.17, 15) is 4.79 Å². The first-order valence-electron chi connectivity index (χ1n) is 5.82. The van der Waals surface area contributed by atoms with Crippen molar-refractivity contribution in [2.45, 2.75) is 20.1 Å². The van der Waals surface area contributed by atoms with E-state index in [1.807, 2.05) is 26.0 Å². The van der Waals surface area contributed by atoms with E-state index in [2.05, 4.69) is 22.6 Å². The minimum absolute atomic E-state index is 0.306. The molecule has 0 N–H and O–H groups in total. The quantitative estimate of drug-likeness (QED) is 0.404. The number of ether oxygens (including phenoxy) is 3. The summed E-state index contributed by atoms with van der Waals surface area (Å²) in [6, 6.07) is 5.38. The molecule has 0 saturated carbocycles. The molecule has 0 aliphatic rings. The lowest BCUT2D eigenvalue weighted by molar-refractivity contribution is -0.152. The zero-order valence-corrected chi connectivity index (χ0v) is 12.7. The number of rotatable bonds is 8. The van der Waals surface area contributed by atoms with Crippen molar-refractivity contribution in [3.63, 3.8) is 0 Å². The molecular formula is C13H17IO4. The van der Waals surface area contributed by atoms with E-state index < -0.39 is 0 Å². The molecule has 0 spiro atoms. The lowest BCUT2D eigenvalue weighted by Gasteiger charge is -2.17. The summed E-state index contributed by atoms with van der Waals surface area (Å²) < 4.78 is 17.2. The highest BCUT2D eigenvalue weighted by atomic mass is 127. The van der Waals surface area contributed by atoms with E-state index in [0.717, 1.165) is 9.86 Å². The van der Waals surface area contributed by atoms with Gasteiger partial charge in [0.2, 0.25) is 0 Å². The standard InChI is InChI=1S/C13H17IO4/c1-3-16-13(17-4-2)9-18-11-5-6-12(14)10(7-11)8-15/h5-8,13H,3-4,9H2,1-2H3. The Hall–Kier alpha value is -0.660. The summed E-state index contributed by atoms with van der Waals surface area (Å²) in [7, 11) is 0. The molecule has 1 aromatic carbocycles. The molecular weight excluding hydrogens is 347 g/mol. The highest BCUT2D eigenvalue weighted by Crippen LogP contribution is 2.18. The molecule has 0 bridgehead atoms. The second-order valence-electron chi connectivity index (χ2n) is 3.45. The summed E-state index contributed by atoms with van der Waals surface area (Å²) >= 11 is 2.11. The van der Waals surface area contributed by atoms with E-state index >= 15 is 0 Å². The average Bonchev–Trinajstić information content (AvgIpc) is 2.38. The van der Waals surface area contributed by atoms with Gasteiger partial charge in [-0.3, -0.25) is 4.79 Å². The van der Waals surface area contributed by atoms with Crippen LogP contribution in [-0.2, 0) is 9.47 Å². The first kappa shape index (κ1) is 15.4. The van der Waals surface area contributed by atoms with E-state index in [-0.39, 0.29) is 6.29 Å². The Labute approximate surface area is 121 Å². The highest BCUT2D eigenvalue weighted by Gasteiger charge is 2.09. The number of carbonyl (C=O) groups excluding carboxylic acids is 1. The molecule has 100 valence electrons. The summed E-state index contributed by atoms with van der Waals surface area (Å²) in [6.07, 6.45) is 0.441. The van der Waals surface area contributed by atoms with Crippen molar-refractivity contribution >= 4 is 28.9 Å². The van der Waals surface area contributed by atoms with Gasteiger partial charge in [0.25, 0.3) is 0 Å². The Morgan fingerprint density at radius 2 is 1.94 bits per heavy atom. The second-order valence-corrected chi connectivity index (χ2v) is 4.61. The molecule has 0 fully saturated rings. The number of benzene rings is 1. The van der Waals surface area contributed by atoms with Gasteiger partial charge >= 0.3 is 0 Å². The maximum Gasteiger partial charge on any atom is 0.191 e. The molecule has 18 heavy (non-hydrogen) atoms. The maximum absolute atomic E-state index is 10.8. The molecule has 0 unspecified atom stereocenters. The minimum atomic E-state index is -0.376. The van der Waals surface area contributed by atoms with Crippen LogP contribution >= 0.6 is 22.6 Å². The van der Waals surface area contributed by atoms with Crippen LogP contribution in [0.25, 0.3) is 0 Å². The van der Waals surface area contributed by atoms with Crippen LogP contribution in [0.3, 0.4) is 0 Å². The summed E-state index contributed by atoms with van der Waals surface area (Å²) in [5.74, 6) is 0.641. The third kappa shape index (κ3) is 4.91. The molecule has 0 aliphatic carbocycles. The molecule has 1 aromatic rings. The van der Waals surface area contributed by atoms with Crippen LogP contribution in [0.4, 0.5) is 0 Å². The average molecular weight is 364 g/mol. The summed E-state index contributed by atoms with van der Waals surface area (Å²) in [5, 5.41) is 0. The van der Waals surface area contributed by atoms with Crippen molar-refractivity contribution in [1.82, 2.24) is 0 Å². The van der Waals surface area contributed by atoms with Gasteiger partial charge in [-0.2, -0.15) is 0 Å². The first-order valence-corrected chi connectivity index (χ1v) is 6.89. The normalized spacial score (nSPS) is 10.7. The van der Waals surface area contributed by atoms with Crippen LogP contribution in [-0.4, -0.2) is 32.4 Å². The summed E-state index contributed by atoms with van der Waals surface area (Å²) in [6.45, 7) is 5.25. The third-order valence-electron chi connectivity index (χ3n) is 2.19. The van der Waals surface area contributed by atoms with Crippen LogP contribution in [0.5, 0.6) is 5.75 Å². The van der Waals surface area contributed by atoms with Crippen molar-refractivity contribution < 1.29 is 19.0 Å². The van der Waals surface area contributed by atoms with E-state index in [1.54, 1.807) is 6.07 Å². The minimum Gasteiger partial charge on any atom is -0.488 e. The molecule has 0 saturated heterocycles. The van der Waals surface area contributed by atoms with Gasteiger partial charge in [0, 0.05) is 22.3 Å². The monoisotopic (exact) mass is 364 g/mol. The van der Waals surface area contributed by atoms with Gasteiger partial charge in [-0.05, 0) is 54.6 Å². The molecule has 0 radical (unpaired) electrons. The summed E-state index contributed by atoms with van der Waals surface area (Å²) in [5.41, 5.74) is 0.623. The van der Waals surface area contributed by atoms with Gasteiger partial charge < -0.3 is 14.2 Å². The number of hydrogen-bond donors (Lipinski definition) is 0. The van der Waals surface area contributed by atoms with Crippen LogP contribution in [0.1, 0.15) is 24.2 Å². The van der Waals surface area contributed by atoms with Crippen LogP contribution in [0.2, 0.25) is 0 Å². The van der Waals surface area contributed by atoms with Crippen molar-refractivity contribution in [1.29, 1.82) is 0 Å². The molecule has 5 heteroatoms. The maximum atomic E-state index is 10.8. The van der Waals surface area contributed by atoms with Crippen molar-refractivity contribution in [2.24, 2.45) is 0 Å². The van der Waals surface area contributed by atoms with Gasteiger partial charge in [-0.15, -0.1) is 0 Å². The number of aldehydes is 1. The Balaban J connectivity index is 2.58.